The number of hydrogen-bond acceptors (Lipinski definition) is 3. The Hall–Kier alpha value is -1.06. The Morgan fingerprint density at radius 1 is 1.06 bits per heavy atom. The monoisotopic (exact) mass is 258 g/mol. The van der Waals surface area contributed by atoms with Crippen molar-refractivity contribution in [1.82, 2.24) is 0 Å². The zero-order chi connectivity index (χ0) is 14.0. The van der Waals surface area contributed by atoms with Crippen LogP contribution in [0.1, 0.15) is 72.1 Å². The molecule has 0 fully saturated rings. The van der Waals surface area contributed by atoms with Gasteiger partial charge in [-0.15, -0.1) is 0 Å². The smallest absolute Gasteiger partial charge is 0.306 e. The molecule has 106 valence electrons. The van der Waals surface area contributed by atoms with Crippen LogP contribution >= 0.6 is 0 Å². The van der Waals surface area contributed by atoms with Crippen molar-refractivity contribution < 1.29 is 19.4 Å². The first-order valence-corrected chi connectivity index (χ1v) is 6.93. The van der Waals surface area contributed by atoms with Crippen LogP contribution in [0, 0.1) is 0 Å². The van der Waals surface area contributed by atoms with Gasteiger partial charge in [0.15, 0.2) is 0 Å². The number of rotatable bonds is 10. The van der Waals surface area contributed by atoms with Gasteiger partial charge in [-0.3, -0.25) is 9.59 Å². The van der Waals surface area contributed by atoms with Crippen LogP contribution < -0.4 is 0 Å². The van der Waals surface area contributed by atoms with Crippen molar-refractivity contribution in [3.8, 4) is 0 Å². The van der Waals surface area contributed by atoms with E-state index in [0.717, 1.165) is 38.5 Å². The molecule has 4 heteroatoms. The predicted octanol–water partition coefficient (Wildman–Crippen LogP) is 3.53. The van der Waals surface area contributed by atoms with Gasteiger partial charge in [0.1, 0.15) is 5.60 Å². The molecule has 0 saturated carbocycles. The first-order chi connectivity index (χ1) is 8.49. The number of hydrogen-bond donors (Lipinski definition) is 1. The molecule has 0 heterocycles. The van der Waals surface area contributed by atoms with Gasteiger partial charge in [0.05, 0.1) is 12.8 Å². The van der Waals surface area contributed by atoms with Crippen molar-refractivity contribution in [3.63, 3.8) is 0 Å². The summed E-state index contributed by atoms with van der Waals surface area (Å²) in [6, 6.07) is 0. The molecular weight excluding hydrogens is 232 g/mol. The van der Waals surface area contributed by atoms with Gasteiger partial charge in [0, 0.05) is 0 Å². The lowest BCUT2D eigenvalue weighted by Crippen LogP contribution is -2.34. The summed E-state index contributed by atoms with van der Waals surface area (Å²) in [5.41, 5.74) is -0.398. The highest BCUT2D eigenvalue weighted by Gasteiger charge is 2.29. The first kappa shape index (κ1) is 16.9. The van der Waals surface area contributed by atoms with Crippen LogP contribution in [-0.4, -0.2) is 22.6 Å². The maximum Gasteiger partial charge on any atom is 0.306 e. The van der Waals surface area contributed by atoms with E-state index in [4.69, 9.17) is 9.84 Å². The quantitative estimate of drug-likeness (QED) is 0.481. The van der Waals surface area contributed by atoms with Gasteiger partial charge in [-0.25, -0.2) is 0 Å². The Morgan fingerprint density at radius 2 is 1.67 bits per heavy atom. The highest BCUT2D eigenvalue weighted by molar-refractivity contribution is 5.76. The summed E-state index contributed by atoms with van der Waals surface area (Å²) in [6.07, 6.45) is 5.56. The fourth-order valence-corrected chi connectivity index (χ4v) is 2.00. The molecule has 18 heavy (non-hydrogen) atoms. The molecule has 0 spiro atoms. The number of unbranched alkanes of at least 4 members (excludes halogenated alkanes) is 2. The van der Waals surface area contributed by atoms with E-state index in [1.165, 1.54) is 0 Å². The van der Waals surface area contributed by atoms with E-state index in [2.05, 4.69) is 6.92 Å². The number of carbonyl (C=O) groups excluding carboxylic acids is 1. The molecule has 0 rings (SSSR count). The molecule has 0 aliphatic heterocycles. The third-order valence-corrected chi connectivity index (χ3v) is 3.40. The molecule has 1 N–H and O–H groups in total. The number of carboxylic acid groups (broad SMARTS) is 1. The summed E-state index contributed by atoms with van der Waals surface area (Å²) >= 11 is 0. The number of esters is 1. The van der Waals surface area contributed by atoms with Gasteiger partial charge in [0.2, 0.25) is 0 Å². The topological polar surface area (TPSA) is 63.6 Å². The van der Waals surface area contributed by atoms with Gasteiger partial charge < -0.3 is 9.84 Å². The van der Waals surface area contributed by atoms with Crippen LogP contribution in [0.25, 0.3) is 0 Å². The third-order valence-electron chi connectivity index (χ3n) is 3.40. The zero-order valence-electron chi connectivity index (χ0n) is 11.8. The Morgan fingerprint density at radius 3 is 2.11 bits per heavy atom. The van der Waals surface area contributed by atoms with Crippen LogP contribution in [0.15, 0.2) is 0 Å². The van der Waals surface area contributed by atoms with Crippen LogP contribution in [0.4, 0.5) is 0 Å². The Balaban J connectivity index is 4.30. The standard InChI is InChI=1S/C14H26O4/c1-4-7-8-11-14(5-2,6-3)18-13(17)10-9-12(15)16/h4-11H2,1-3H3,(H,15,16). The second-order valence-electron chi connectivity index (χ2n) is 4.72. The molecule has 4 nitrogen and oxygen atoms in total. The molecule has 0 saturated heterocycles. The highest BCUT2D eigenvalue weighted by Crippen LogP contribution is 2.28. The number of carboxylic acids is 1. The van der Waals surface area contributed by atoms with Crippen LogP contribution in [0.5, 0.6) is 0 Å². The molecule has 0 aromatic carbocycles. The Kier molecular flexibility index (Phi) is 8.42. The van der Waals surface area contributed by atoms with Gasteiger partial charge in [-0.2, -0.15) is 0 Å². The minimum absolute atomic E-state index is 0.0368. The Bertz CT molecular complexity index is 257. The molecule has 0 unspecified atom stereocenters. The van der Waals surface area contributed by atoms with E-state index in [1.54, 1.807) is 0 Å². The molecular formula is C14H26O4. The van der Waals surface area contributed by atoms with E-state index in [-0.39, 0.29) is 12.8 Å². The van der Waals surface area contributed by atoms with Crippen molar-refractivity contribution in [2.75, 3.05) is 0 Å². The maximum absolute atomic E-state index is 11.6. The van der Waals surface area contributed by atoms with Gasteiger partial charge in [-0.1, -0.05) is 33.6 Å². The third kappa shape index (κ3) is 6.62. The van der Waals surface area contributed by atoms with E-state index in [9.17, 15) is 9.59 Å². The SMILES string of the molecule is CCCCCC(CC)(CC)OC(=O)CCC(=O)O. The molecule has 0 aliphatic carbocycles. The van der Waals surface area contributed by atoms with Gasteiger partial charge in [0.25, 0.3) is 0 Å². The van der Waals surface area contributed by atoms with E-state index in [0.29, 0.717) is 0 Å². The first-order valence-electron chi connectivity index (χ1n) is 6.93. The number of aliphatic carboxylic acids is 1. The van der Waals surface area contributed by atoms with Crippen molar-refractivity contribution in [3.05, 3.63) is 0 Å². The molecule has 0 amide bonds. The zero-order valence-corrected chi connectivity index (χ0v) is 11.8. The Labute approximate surface area is 110 Å². The molecule has 0 aromatic heterocycles. The fraction of sp³-hybridized carbons (Fsp3) is 0.857. The van der Waals surface area contributed by atoms with Gasteiger partial charge >= 0.3 is 11.9 Å². The van der Waals surface area contributed by atoms with Gasteiger partial charge in [-0.05, 0) is 25.7 Å². The van der Waals surface area contributed by atoms with Crippen molar-refractivity contribution in [2.24, 2.45) is 0 Å². The second kappa shape index (κ2) is 8.95. The van der Waals surface area contributed by atoms with Crippen LogP contribution in [0.2, 0.25) is 0 Å². The number of ether oxygens (including phenoxy) is 1. The second-order valence-corrected chi connectivity index (χ2v) is 4.72. The summed E-state index contributed by atoms with van der Waals surface area (Å²) < 4.78 is 5.53. The van der Waals surface area contributed by atoms with E-state index < -0.39 is 17.5 Å². The van der Waals surface area contributed by atoms with E-state index in [1.807, 2.05) is 13.8 Å². The van der Waals surface area contributed by atoms with Crippen LogP contribution in [-0.2, 0) is 14.3 Å². The summed E-state index contributed by atoms with van der Waals surface area (Å²) in [5, 5.41) is 8.54. The van der Waals surface area contributed by atoms with Crippen molar-refractivity contribution in [1.29, 1.82) is 0 Å². The van der Waals surface area contributed by atoms with Crippen molar-refractivity contribution >= 4 is 11.9 Å². The minimum atomic E-state index is -0.962. The molecule has 0 aromatic rings. The average molecular weight is 258 g/mol. The minimum Gasteiger partial charge on any atom is -0.481 e. The molecule has 0 bridgehead atoms. The lowest BCUT2D eigenvalue weighted by atomic mass is 9.90. The largest absolute Gasteiger partial charge is 0.481 e. The summed E-state index contributed by atoms with van der Waals surface area (Å²) in [7, 11) is 0. The fourth-order valence-electron chi connectivity index (χ4n) is 2.00. The van der Waals surface area contributed by atoms with Crippen LogP contribution in [0.3, 0.4) is 0 Å². The molecule has 0 aliphatic rings. The molecule has 0 atom stereocenters. The summed E-state index contributed by atoms with van der Waals surface area (Å²) in [5.74, 6) is -1.35. The summed E-state index contributed by atoms with van der Waals surface area (Å²) in [4.78, 5) is 22.0. The normalized spacial score (nSPS) is 11.3. The van der Waals surface area contributed by atoms with E-state index >= 15 is 0 Å². The molecule has 0 radical (unpaired) electrons. The maximum atomic E-state index is 11.6. The lowest BCUT2D eigenvalue weighted by molar-refractivity contribution is -0.163. The predicted molar refractivity (Wildman–Crippen MR) is 70.4 cm³/mol. The highest BCUT2D eigenvalue weighted by atomic mass is 16.6. The number of carbonyl (C=O) groups is 2. The van der Waals surface area contributed by atoms with Crippen molar-refractivity contribution in [2.45, 2.75) is 77.7 Å². The summed E-state index contributed by atoms with van der Waals surface area (Å²) in [6.45, 7) is 6.16. The average Bonchev–Trinajstić information content (AvgIpc) is 2.35. The lowest BCUT2D eigenvalue weighted by Gasteiger charge is -2.31.